The van der Waals surface area contributed by atoms with Crippen molar-refractivity contribution in [1.29, 1.82) is 0 Å². The third-order valence-electron chi connectivity index (χ3n) is 5.56. The molecule has 4 rings (SSSR count). The molecule has 3 aromatic carbocycles. The van der Waals surface area contributed by atoms with Gasteiger partial charge in [-0.25, -0.2) is 0 Å². The van der Waals surface area contributed by atoms with E-state index in [4.69, 9.17) is 4.74 Å². The maximum absolute atomic E-state index is 13.0. The Labute approximate surface area is 182 Å². The van der Waals surface area contributed by atoms with Crippen molar-refractivity contribution in [2.45, 2.75) is 26.0 Å². The van der Waals surface area contributed by atoms with Crippen LogP contribution in [0.4, 0.5) is 5.69 Å². The molecule has 0 spiro atoms. The first-order valence-corrected chi connectivity index (χ1v) is 10.6. The number of amides is 2. The van der Waals surface area contributed by atoms with Gasteiger partial charge in [-0.1, -0.05) is 66.7 Å². The summed E-state index contributed by atoms with van der Waals surface area (Å²) in [6.45, 7) is 2.90. The Kier molecular flexibility index (Phi) is 6.32. The molecule has 5 nitrogen and oxygen atoms in total. The minimum Gasteiger partial charge on any atom is -0.489 e. The van der Waals surface area contributed by atoms with Crippen LogP contribution in [-0.2, 0) is 16.2 Å². The van der Waals surface area contributed by atoms with E-state index in [1.807, 2.05) is 91.9 Å². The van der Waals surface area contributed by atoms with E-state index in [0.29, 0.717) is 25.3 Å². The van der Waals surface area contributed by atoms with Crippen LogP contribution in [0.5, 0.6) is 5.75 Å². The summed E-state index contributed by atoms with van der Waals surface area (Å²) in [6, 6.07) is 27.0. The average molecular weight is 415 g/mol. The first-order valence-electron chi connectivity index (χ1n) is 10.6. The molecule has 1 aliphatic rings. The highest BCUT2D eigenvalue weighted by atomic mass is 16.5. The zero-order chi connectivity index (χ0) is 21.6. The van der Waals surface area contributed by atoms with Gasteiger partial charge >= 0.3 is 0 Å². The van der Waals surface area contributed by atoms with E-state index < -0.39 is 5.92 Å². The molecule has 0 radical (unpaired) electrons. The van der Waals surface area contributed by atoms with Crippen molar-refractivity contribution in [2.24, 2.45) is 5.92 Å². The Morgan fingerprint density at radius 2 is 1.74 bits per heavy atom. The number of carbonyl (C=O) groups excluding carboxylic acids is 2. The molecular weight excluding hydrogens is 388 g/mol. The zero-order valence-corrected chi connectivity index (χ0v) is 17.5. The summed E-state index contributed by atoms with van der Waals surface area (Å²) in [7, 11) is 0. The van der Waals surface area contributed by atoms with Gasteiger partial charge in [0.15, 0.2) is 0 Å². The fourth-order valence-corrected chi connectivity index (χ4v) is 3.80. The topological polar surface area (TPSA) is 58.6 Å². The molecule has 1 N–H and O–H groups in total. The maximum Gasteiger partial charge on any atom is 0.239 e. The van der Waals surface area contributed by atoms with E-state index in [2.05, 4.69) is 5.32 Å². The SMILES string of the molecule is C[C@H](NC(=O)[C@@H]1CCN(c2cccc(OCc3ccccc3)c2)C1=O)c1ccccc1. The molecule has 5 heteroatoms. The van der Waals surface area contributed by atoms with Gasteiger partial charge in [0.2, 0.25) is 11.8 Å². The fourth-order valence-electron chi connectivity index (χ4n) is 3.80. The normalized spacial score (nSPS) is 16.7. The molecule has 1 heterocycles. The Morgan fingerprint density at radius 3 is 2.48 bits per heavy atom. The Balaban J connectivity index is 1.39. The van der Waals surface area contributed by atoms with E-state index in [1.165, 1.54) is 0 Å². The molecule has 1 aliphatic heterocycles. The van der Waals surface area contributed by atoms with Gasteiger partial charge in [0.05, 0.1) is 6.04 Å². The second-order valence-electron chi connectivity index (χ2n) is 7.74. The monoisotopic (exact) mass is 414 g/mol. The molecule has 1 fully saturated rings. The first kappa shape index (κ1) is 20.7. The van der Waals surface area contributed by atoms with Gasteiger partial charge in [-0.05, 0) is 36.6 Å². The highest BCUT2D eigenvalue weighted by Gasteiger charge is 2.38. The van der Waals surface area contributed by atoms with Crippen LogP contribution in [-0.4, -0.2) is 18.4 Å². The summed E-state index contributed by atoms with van der Waals surface area (Å²) in [5.41, 5.74) is 2.85. The second-order valence-corrected chi connectivity index (χ2v) is 7.74. The smallest absolute Gasteiger partial charge is 0.239 e. The average Bonchev–Trinajstić information content (AvgIpc) is 3.20. The van der Waals surface area contributed by atoms with Crippen LogP contribution in [0.15, 0.2) is 84.9 Å². The van der Waals surface area contributed by atoms with Crippen molar-refractivity contribution < 1.29 is 14.3 Å². The van der Waals surface area contributed by atoms with Crippen molar-refractivity contribution in [1.82, 2.24) is 5.32 Å². The maximum atomic E-state index is 13.0. The summed E-state index contributed by atoms with van der Waals surface area (Å²) in [4.78, 5) is 27.4. The third-order valence-corrected chi connectivity index (χ3v) is 5.56. The van der Waals surface area contributed by atoms with Crippen molar-refractivity contribution in [2.75, 3.05) is 11.4 Å². The number of ether oxygens (including phenoxy) is 1. The Morgan fingerprint density at radius 1 is 1.03 bits per heavy atom. The predicted molar refractivity (Wildman–Crippen MR) is 121 cm³/mol. The third kappa shape index (κ3) is 4.94. The summed E-state index contributed by atoms with van der Waals surface area (Å²) in [6.07, 6.45) is 0.501. The zero-order valence-electron chi connectivity index (χ0n) is 17.5. The van der Waals surface area contributed by atoms with Crippen molar-refractivity contribution >= 4 is 17.5 Å². The number of carbonyl (C=O) groups is 2. The first-order chi connectivity index (χ1) is 15.1. The van der Waals surface area contributed by atoms with Crippen LogP contribution in [0.2, 0.25) is 0 Å². The number of nitrogens with zero attached hydrogens (tertiary/aromatic N) is 1. The van der Waals surface area contributed by atoms with Crippen LogP contribution >= 0.6 is 0 Å². The van der Waals surface area contributed by atoms with E-state index in [1.54, 1.807) is 4.90 Å². The Bertz CT molecular complexity index is 1040. The molecule has 1 saturated heterocycles. The molecule has 0 bridgehead atoms. The van der Waals surface area contributed by atoms with E-state index >= 15 is 0 Å². The predicted octanol–water partition coefficient (Wildman–Crippen LogP) is 4.50. The van der Waals surface area contributed by atoms with Crippen LogP contribution < -0.4 is 15.0 Å². The van der Waals surface area contributed by atoms with Crippen molar-refractivity contribution in [3.8, 4) is 5.75 Å². The molecule has 0 aliphatic carbocycles. The minimum absolute atomic E-state index is 0.148. The van der Waals surface area contributed by atoms with Gasteiger partial charge in [-0.3, -0.25) is 9.59 Å². The molecule has 2 amide bonds. The minimum atomic E-state index is -0.667. The van der Waals surface area contributed by atoms with Gasteiger partial charge in [0, 0.05) is 18.3 Å². The van der Waals surface area contributed by atoms with Gasteiger partial charge in [0.25, 0.3) is 0 Å². The van der Waals surface area contributed by atoms with Gasteiger partial charge in [-0.15, -0.1) is 0 Å². The van der Waals surface area contributed by atoms with Crippen LogP contribution in [0.3, 0.4) is 0 Å². The summed E-state index contributed by atoms with van der Waals surface area (Å²) in [5.74, 6) is -0.363. The molecule has 158 valence electrons. The molecule has 0 saturated carbocycles. The number of nitrogens with one attached hydrogen (secondary N) is 1. The summed E-state index contributed by atoms with van der Waals surface area (Å²) in [5, 5.41) is 2.98. The largest absolute Gasteiger partial charge is 0.489 e. The lowest BCUT2D eigenvalue weighted by molar-refractivity contribution is -0.132. The van der Waals surface area contributed by atoms with E-state index in [-0.39, 0.29) is 17.9 Å². The van der Waals surface area contributed by atoms with Crippen molar-refractivity contribution in [3.63, 3.8) is 0 Å². The number of hydrogen-bond acceptors (Lipinski definition) is 3. The molecular formula is C26H26N2O3. The van der Waals surface area contributed by atoms with Gasteiger partial charge in [0.1, 0.15) is 18.3 Å². The molecule has 0 aromatic heterocycles. The quantitative estimate of drug-likeness (QED) is 0.579. The van der Waals surface area contributed by atoms with Gasteiger partial charge in [-0.2, -0.15) is 0 Å². The highest BCUT2D eigenvalue weighted by Crippen LogP contribution is 2.29. The van der Waals surface area contributed by atoms with E-state index in [9.17, 15) is 9.59 Å². The molecule has 0 unspecified atom stereocenters. The summed E-state index contributed by atoms with van der Waals surface area (Å²) >= 11 is 0. The second kappa shape index (κ2) is 9.47. The highest BCUT2D eigenvalue weighted by molar-refractivity contribution is 6.09. The standard InChI is InChI=1S/C26H26N2O3/c1-19(21-11-6-3-7-12-21)27-25(29)24-15-16-28(26(24)30)22-13-8-14-23(17-22)31-18-20-9-4-2-5-10-20/h2-14,17,19,24H,15-16,18H2,1H3,(H,27,29)/t19-,24-/m0/s1. The Hall–Kier alpha value is -3.60. The molecule has 3 aromatic rings. The number of anilines is 1. The lowest BCUT2D eigenvalue weighted by Crippen LogP contribution is -2.38. The van der Waals surface area contributed by atoms with Crippen LogP contribution in [0.1, 0.15) is 30.5 Å². The van der Waals surface area contributed by atoms with Gasteiger partial charge < -0.3 is 15.0 Å². The lowest BCUT2D eigenvalue weighted by Gasteiger charge is -2.19. The van der Waals surface area contributed by atoms with Crippen LogP contribution in [0.25, 0.3) is 0 Å². The molecule has 31 heavy (non-hydrogen) atoms. The van der Waals surface area contributed by atoms with Crippen LogP contribution in [0, 0.1) is 5.92 Å². The number of rotatable bonds is 7. The van der Waals surface area contributed by atoms with Crippen molar-refractivity contribution in [3.05, 3.63) is 96.1 Å². The lowest BCUT2D eigenvalue weighted by atomic mass is 10.0. The molecule has 2 atom stereocenters. The number of hydrogen-bond donors (Lipinski definition) is 1. The fraction of sp³-hybridized carbons (Fsp3) is 0.231. The summed E-state index contributed by atoms with van der Waals surface area (Å²) < 4.78 is 5.89. The number of benzene rings is 3. The van der Waals surface area contributed by atoms with E-state index in [0.717, 1.165) is 16.8 Å².